The first-order valence-electron chi connectivity index (χ1n) is 8.03. The fraction of sp³-hybridized carbons (Fsp3) is 0.211. The van der Waals surface area contributed by atoms with Crippen molar-refractivity contribution in [3.8, 4) is 5.75 Å². The Labute approximate surface area is 146 Å². The first-order chi connectivity index (χ1) is 12.1. The van der Waals surface area contributed by atoms with Gasteiger partial charge in [0, 0.05) is 5.69 Å². The van der Waals surface area contributed by atoms with E-state index in [0.29, 0.717) is 12.3 Å². The summed E-state index contributed by atoms with van der Waals surface area (Å²) in [5, 5.41) is 6.35. The van der Waals surface area contributed by atoms with E-state index >= 15 is 0 Å². The summed E-state index contributed by atoms with van der Waals surface area (Å²) in [6.07, 6.45) is 2.38. The Morgan fingerprint density at radius 1 is 1.12 bits per heavy atom. The van der Waals surface area contributed by atoms with Crippen molar-refractivity contribution in [2.75, 3.05) is 11.9 Å². The van der Waals surface area contributed by atoms with Crippen molar-refractivity contribution in [2.24, 2.45) is 5.10 Å². The van der Waals surface area contributed by atoms with Gasteiger partial charge in [-0.25, -0.2) is 5.43 Å². The summed E-state index contributed by atoms with van der Waals surface area (Å²) in [7, 11) is 0. The third-order valence-corrected chi connectivity index (χ3v) is 3.31. The fourth-order valence-electron chi connectivity index (χ4n) is 2.01. The topological polar surface area (TPSA) is 79.8 Å². The van der Waals surface area contributed by atoms with Crippen LogP contribution < -0.4 is 15.5 Å². The normalized spacial score (nSPS) is 10.5. The number of hydrogen-bond acceptors (Lipinski definition) is 4. The van der Waals surface area contributed by atoms with Crippen LogP contribution in [-0.2, 0) is 9.59 Å². The van der Waals surface area contributed by atoms with Crippen LogP contribution in [-0.4, -0.2) is 24.6 Å². The third-order valence-electron chi connectivity index (χ3n) is 3.31. The van der Waals surface area contributed by atoms with Crippen LogP contribution in [0.4, 0.5) is 5.69 Å². The second-order valence-corrected chi connectivity index (χ2v) is 5.39. The highest BCUT2D eigenvalue weighted by Crippen LogP contribution is 2.13. The fourth-order valence-corrected chi connectivity index (χ4v) is 2.01. The van der Waals surface area contributed by atoms with Gasteiger partial charge in [0.1, 0.15) is 5.75 Å². The number of hydrazone groups is 1. The van der Waals surface area contributed by atoms with Crippen LogP contribution in [0.3, 0.4) is 0 Å². The summed E-state index contributed by atoms with van der Waals surface area (Å²) in [4.78, 5) is 23.7. The number of carbonyl (C=O) groups excluding carboxylic acids is 2. The zero-order valence-electron chi connectivity index (χ0n) is 14.3. The summed E-state index contributed by atoms with van der Waals surface area (Å²) >= 11 is 0. The Balaban J connectivity index is 1.89. The molecular formula is C19H21N3O3. The zero-order valence-corrected chi connectivity index (χ0v) is 14.3. The largest absolute Gasteiger partial charge is 0.494 e. The molecular weight excluding hydrogens is 318 g/mol. The third kappa shape index (κ3) is 5.76. The van der Waals surface area contributed by atoms with E-state index in [4.69, 9.17) is 4.74 Å². The Bertz CT molecular complexity index is 772. The summed E-state index contributed by atoms with van der Waals surface area (Å²) in [6.45, 7) is 4.51. The van der Waals surface area contributed by atoms with E-state index in [1.54, 1.807) is 18.2 Å². The number of amides is 2. The molecule has 0 radical (unpaired) electrons. The minimum absolute atomic E-state index is 0.590. The van der Waals surface area contributed by atoms with Gasteiger partial charge in [-0.1, -0.05) is 37.3 Å². The molecule has 0 heterocycles. The molecule has 2 rings (SSSR count). The second kappa shape index (κ2) is 9.22. The standard InChI is InChI=1S/C19H21N3O3/c1-3-11-25-16-9-6-8-15(12-16)13-20-22-19(24)18(23)21-17-10-5-4-7-14(17)2/h4-10,12-13H,3,11H2,1-2H3,(H,21,23)(H,22,24)/b20-13-. The van der Waals surface area contributed by atoms with Crippen LogP contribution >= 0.6 is 0 Å². The lowest BCUT2D eigenvalue weighted by atomic mass is 10.2. The van der Waals surface area contributed by atoms with Crippen LogP contribution in [0.5, 0.6) is 5.75 Å². The lowest BCUT2D eigenvalue weighted by Crippen LogP contribution is -2.32. The highest BCUT2D eigenvalue weighted by Gasteiger charge is 2.13. The highest BCUT2D eigenvalue weighted by atomic mass is 16.5. The minimum Gasteiger partial charge on any atom is -0.494 e. The maximum atomic E-state index is 11.9. The number of aryl methyl sites for hydroxylation is 1. The van der Waals surface area contributed by atoms with E-state index in [0.717, 1.165) is 23.3 Å². The van der Waals surface area contributed by atoms with Crippen LogP contribution in [0.25, 0.3) is 0 Å². The van der Waals surface area contributed by atoms with Crippen LogP contribution in [0.1, 0.15) is 24.5 Å². The summed E-state index contributed by atoms with van der Waals surface area (Å²) in [5.74, 6) is -0.876. The predicted octanol–water partition coefficient (Wildman–Crippen LogP) is 2.87. The summed E-state index contributed by atoms with van der Waals surface area (Å²) < 4.78 is 5.53. The Morgan fingerprint density at radius 3 is 2.68 bits per heavy atom. The molecule has 0 aliphatic rings. The van der Waals surface area contributed by atoms with Gasteiger partial charge in [-0.3, -0.25) is 9.59 Å². The molecule has 2 aromatic rings. The first-order valence-corrected chi connectivity index (χ1v) is 8.03. The van der Waals surface area contributed by atoms with Crippen molar-refractivity contribution in [2.45, 2.75) is 20.3 Å². The van der Waals surface area contributed by atoms with Crippen LogP contribution in [0.15, 0.2) is 53.6 Å². The molecule has 0 unspecified atom stereocenters. The van der Waals surface area contributed by atoms with Crippen molar-refractivity contribution in [1.29, 1.82) is 0 Å². The van der Waals surface area contributed by atoms with E-state index in [9.17, 15) is 9.59 Å². The quantitative estimate of drug-likeness (QED) is 0.482. The SMILES string of the molecule is CCCOc1cccc(/C=N\NC(=O)C(=O)Nc2ccccc2C)c1. The molecule has 130 valence electrons. The van der Waals surface area contributed by atoms with Gasteiger partial charge in [0.05, 0.1) is 12.8 Å². The Morgan fingerprint density at radius 2 is 1.92 bits per heavy atom. The number of anilines is 1. The average molecular weight is 339 g/mol. The van der Waals surface area contributed by atoms with E-state index in [1.807, 2.05) is 44.2 Å². The molecule has 0 spiro atoms. The van der Waals surface area contributed by atoms with Gasteiger partial charge in [-0.05, 0) is 42.7 Å². The van der Waals surface area contributed by atoms with Gasteiger partial charge in [0.15, 0.2) is 0 Å². The van der Waals surface area contributed by atoms with Gasteiger partial charge < -0.3 is 10.1 Å². The molecule has 0 aromatic heterocycles. The maximum absolute atomic E-state index is 11.9. The lowest BCUT2D eigenvalue weighted by molar-refractivity contribution is -0.136. The van der Waals surface area contributed by atoms with Crippen LogP contribution in [0, 0.1) is 6.92 Å². The van der Waals surface area contributed by atoms with Gasteiger partial charge in [0.2, 0.25) is 0 Å². The van der Waals surface area contributed by atoms with Crippen molar-refractivity contribution < 1.29 is 14.3 Å². The summed E-state index contributed by atoms with van der Waals surface area (Å²) in [5.41, 5.74) is 4.43. The molecule has 0 fully saturated rings. The monoisotopic (exact) mass is 339 g/mol. The molecule has 0 saturated heterocycles. The number of benzene rings is 2. The van der Waals surface area contributed by atoms with Gasteiger partial charge in [0.25, 0.3) is 0 Å². The molecule has 2 amide bonds. The number of hydrogen-bond donors (Lipinski definition) is 2. The average Bonchev–Trinajstić information content (AvgIpc) is 2.62. The van der Waals surface area contributed by atoms with Crippen molar-refractivity contribution in [3.05, 3.63) is 59.7 Å². The number of rotatable bonds is 6. The molecule has 0 aliphatic carbocycles. The number of para-hydroxylation sites is 1. The number of ether oxygens (including phenoxy) is 1. The maximum Gasteiger partial charge on any atom is 0.329 e. The zero-order chi connectivity index (χ0) is 18.1. The number of carbonyl (C=O) groups is 2. The second-order valence-electron chi connectivity index (χ2n) is 5.39. The first kappa shape index (κ1) is 18.2. The molecule has 6 nitrogen and oxygen atoms in total. The highest BCUT2D eigenvalue weighted by molar-refractivity contribution is 6.39. The van der Waals surface area contributed by atoms with E-state index in [2.05, 4.69) is 15.8 Å². The molecule has 0 saturated carbocycles. The van der Waals surface area contributed by atoms with Gasteiger partial charge >= 0.3 is 11.8 Å². The molecule has 0 atom stereocenters. The summed E-state index contributed by atoms with van der Waals surface area (Å²) in [6, 6.07) is 14.5. The van der Waals surface area contributed by atoms with Crippen molar-refractivity contribution >= 4 is 23.7 Å². The predicted molar refractivity (Wildman–Crippen MR) is 97.8 cm³/mol. The molecule has 2 N–H and O–H groups in total. The number of nitrogens with zero attached hydrogens (tertiary/aromatic N) is 1. The molecule has 25 heavy (non-hydrogen) atoms. The molecule has 6 heteroatoms. The van der Waals surface area contributed by atoms with Crippen molar-refractivity contribution in [1.82, 2.24) is 5.43 Å². The van der Waals surface area contributed by atoms with E-state index in [1.165, 1.54) is 6.21 Å². The van der Waals surface area contributed by atoms with Crippen LogP contribution in [0.2, 0.25) is 0 Å². The van der Waals surface area contributed by atoms with Gasteiger partial charge in [-0.2, -0.15) is 5.10 Å². The van der Waals surface area contributed by atoms with Crippen molar-refractivity contribution in [3.63, 3.8) is 0 Å². The molecule has 0 aliphatic heterocycles. The van der Waals surface area contributed by atoms with E-state index < -0.39 is 11.8 Å². The van der Waals surface area contributed by atoms with E-state index in [-0.39, 0.29) is 0 Å². The smallest absolute Gasteiger partial charge is 0.329 e. The minimum atomic E-state index is -0.835. The van der Waals surface area contributed by atoms with Gasteiger partial charge in [-0.15, -0.1) is 0 Å². The number of nitrogens with one attached hydrogen (secondary N) is 2. The Hall–Kier alpha value is -3.15. The lowest BCUT2D eigenvalue weighted by Gasteiger charge is -2.06. The molecule has 2 aromatic carbocycles. The molecule has 0 bridgehead atoms. The Kier molecular flexibility index (Phi) is 6.71.